The lowest BCUT2D eigenvalue weighted by Gasteiger charge is -2.31. The molecule has 0 aliphatic heterocycles. The van der Waals surface area contributed by atoms with Crippen LogP contribution in [-0.2, 0) is 18.0 Å². The monoisotopic (exact) mass is 390 g/mol. The Morgan fingerprint density at radius 3 is 1.69 bits per heavy atom. The third-order valence-corrected chi connectivity index (χ3v) is 7.62. The van der Waals surface area contributed by atoms with Crippen LogP contribution in [0.2, 0.25) is 6.04 Å². The molecule has 0 N–H and O–H groups in total. The highest BCUT2D eigenvalue weighted by molar-refractivity contribution is 6.60. The van der Waals surface area contributed by atoms with Crippen LogP contribution in [0.3, 0.4) is 0 Å². The summed E-state index contributed by atoms with van der Waals surface area (Å²) in [6.45, 7) is 12.5. The van der Waals surface area contributed by atoms with Gasteiger partial charge >= 0.3 is 8.80 Å². The summed E-state index contributed by atoms with van der Waals surface area (Å²) in [5, 5.41) is 0. The largest absolute Gasteiger partial charge is 0.502 e. The molecule has 4 nitrogen and oxygen atoms in total. The molecule has 0 aromatic carbocycles. The van der Waals surface area contributed by atoms with E-state index in [9.17, 15) is 0 Å². The predicted octanol–water partition coefficient (Wildman–Crippen LogP) is 6.71. The molecule has 0 saturated heterocycles. The molecule has 0 radical (unpaired) electrons. The van der Waals surface area contributed by atoms with Gasteiger partial charge in [-0.25, -0.2) is 0 Å². The second-order valence-electron chi connectivity index (χ2n) is 7.04. The minimum atomic E-state index is -2.63. The minimum absolute atomic E-state index is 0.259. The van der Waals surface area contributed by atoms with Crippen LogP contribution in [0.1, 0.15) is 105 Å². The Balaban J connectivity index is 4.25. The highest BCUT2D eigenvalue weighted by Crippen LogP contribution is 2.23. The first-order chi connectivity index (χ1) is 12.6. The zero-order valence-electron chi connectivity index (χ0n) is 18.3. The maximum atomic E-state index is 6.23. The SMILES string of the molecule is CCCCCCCCCC[Si](OCC)(OCC)OC(C)OCCCCC. The van der Waals surface area contributed by atoms with Gasteiger partial charge in [0.15, 0.2) is 0 Å². The number of hydrogen-bond donors (Lipinski definition) is 0. The number of hydrogen-bond acceptors (Lipinski definition) is 4. The zero-order chi connectivity index (χ0) is 19.5. The van der Waals surface area contributed by atoms with Gasteiger partial charge in [-0.15, -0.1) is 0 Å². The smallest absolute Gasteiger partial charge is 0.374 e. The van der Waals surface area contributed by atoms with Gasteiger partial charge in [-0.2, -0.15) is 0 Å². The molecule has 0 fully saturated rings. The number of ether oxygens (including phenoxy) is 1. The molecule has 0 amide bonds. The topological polar surface area (TPSA) is 36.9 Å². The van der Waals surface area contributed by atoms with Crippen LogP contribution >= 0.6 is 0 Å². The van der Waals surface area contributed by atoms with E-state index in [1.807, 2.05) is 20.8 Å². The summed E-state index contributed by atoms with van der Waals surface area (Å²) in [7, 11) is -2.63. The molecule has 0 aliphatic rings. The molecule has 0 saturated carbocycles. The van der Waals surface area contributed by atoms with Crippen LogP contribution < -0.4 is 0 Å². The molecule has 0 aliphatic carbocycles. The highest BCUT2D eigenvalue weighted by atomic mass is 28.4. The second kappa shape index (κ2) is 18.4. The highest BCUT2D eigenvalue weighted by Gasteiger charge is 2.41. The summed E-state index contributed by atoms with van der Waals surface area (Å²) in [5.41, 5.74) is 0. The van der Waals surface area contributed by atoms with Crippen LogP contribution in [0.4, 0.5) is 0 Å². The first-order valence-electron chi connectivity index (χ1n) is 11.2. The van der Waals surface area contributed by atoms with E-state index in [0.717, 1.165) is 25.5 Å². The first-order valence-corrected chi connectivity index (χ1v) is 13.1. The third-order valence-electron chi connectivity index (χ3n) is 4.51. The van der Waals surface area contributed by atoms with Gasteiger partial charge in [0.25, 0.3) is 0 Å². The van der Waals surface area contributed by atoms with Gasteiger partial charge in [0.2, 0.25) is 0 Å². The summed E-state index contributed by atoms with van der Waals surface area (Å²) in [6, 6.07) is 0.895. The maximum absolute atomic E-state index is 6.23. The van der Waals surface area contributed by atoms with Gasteiger partial charge in [-0.1, -0.05) is 71.6 Å². The van der Waals surface area contributed by atoms with Crippen molar-refractivity contribution in [3.05, 3.63) is 0 Å². The average molecular weight is 391 g/mol. The van der Waals surface area contributed by atoms with Crippen molar-refractivity contribution in [2.75, 3.05) is 19.8 Å². The molecule has 0 spiro atoms. The lowest BCUT2D eigenvalue weighted by molar-refractivity contribution is -0.109. The molecule has 1 atom stereocenters. The Morgan fingerprint density at radius 2 is 1.15 bits per heavy atom. The molecule has 158 valence electrons. The summed E-state index contributed by atoms with van der Waals surface area (Å²) in [6.07, 6.45) is 13.6. The predicted molar refractivity (Wildman–Crippen MR) is 112 cm³/mol. The van der Waals surface area contributed by atoms with E-state index in [1.165, 1.54) is 57.8 Å². The second-order valence-corrected chi connectivity index (χ2v) is 9.72. The number of rotatable bonds is 20. The summed E-state index contributed by atoms with van der Waals surface area (Å²) in [4.78, 5) is 0. The molecular weight excluding hydrogens is 344 g/mol. The lowest BCUT2D eigenvalue weighted by atomic mass is 10.1. The molecule has 0 rings (SSSR count). The normalized spacial score (nSPS) is 13.3. The van der Waals surface area contributed by atoms with Gasteiger partial charge in [0.1, 0.15) is 6.29 Å². The summed E-state index contributed by atoms with van der Waals surface area (Å²) >= 11 is 0. The van der Waals surface area contributed by atoms with Crippen molar-refractivity contribution >= 4 is 8.80 Å². The Hall–Kier alpha value is 0.0569. The first kappa shape index (κ1) is 26.1. The fourth-order valence-electron chi connectivity index (χ4n) is 3.12. The average Bonchev–Trinajstić information content (AvgIpc) is 2.61. The molecular formula is C21H46O4Si. The zero-order valence-corrected chi connectivity index (χ0v) is 19.3. The van der Waals surface area contributed by atoms with Crippen LogP contribution in [-0.4, -0.2) is 34.9 Å². The Bertz CT molecular complexity index is 283. The minimum Gasteiger partial charge on any atom is -0.374 e. The third kappa shape index (κ3) is 14.2. The van der Waals surface area contributed by atoms with E-state index < -0.39 is 8.80 Å². The van der Waals surface area contributed by atoms with Crippen molar-refractivity contribution in [2.24, 2.45) is 0 Å². The standard InChI is InChI=1S/C21H46O4Si/c1-6-10-12-13-14-15-16-18-20-26(23-8-3,24-9-4)25-21(5)22-19-17-11-7-2/h21H,6-20H2,1-5H3. The van der Waals surface area contributed by atoms with E-state index in [2.05, 4.69) is 13.8 Å². The van der Waals surface area contributed by atoms with Crippen molar-refractivity contribution < 1.29 is 18.0 Å². The Labute approximate surface area is 164 Å². The lowest BCUT2D eigenvalue weighted by Crippen LogP contribution is -2.48. The summed E-state index contributed by atoms with van der Waals surface area (Å²) < 4.78 is 24.1. The van der Waals surface area contributed by atoms with E-state index in [-0.39, 0.29) is 6.29 Å². The molecule has 1 unspecified atom stereocenters. The van der Waals surface area contributed by atoms with Crippen molar-refractivity contribution in [2.45, 2.75) is 118 Å². The van der Waals surface area contributed by atoms with Gasteiger partial charge in [0.05, 0.1) is 0 Å². The molecule has 5 heteroatoms. The van der Waals surface area contributed by atoms with E-state index in [0.29, 0.717) is 13.2 Å². The molecule has 26 heavy (non-hydrogen) atoms. The van der Waals surface area contributed by atoms with Crippen LogP contribution in [0, 0.1) is 0 Å². The van der Waals surface area contributed by atoms with Crippen molar-refractivity contribution in [3.8, 4) is 0 Å². The molecule has 0 aromatic heterocycles. The van der Waals surface area contributed by atoms with E-state index in [1.54, 1.807) is 0 Å². The van der Waals surface area contributed by atoms with E-state index >= 15 is 0 Å². The van der Waals surface area contributed by atoms with Crippen LogP contribution in [0.25, 0.3) is 0 Å². The van der Waals surface area contributed by atoms with Crippen molar-refractivity contribution in [1.29, 1.82) is 0 Å². The van der Waals surface area contributed by atoms with Gasteiger partial charge in [0, 0.05) is 25.9 Å². The molecule has 0 aromatic rings. The fraction of sp³-hybridized carbons (Fsp3) is 1.00. The van der Waals surface area contributed by atoms with Gasteiger partial charge in [-0.05, 0) is 33.6 Å². The van der Waals surface area contributed by atoms with Crippen LogP contribution in [0.5, 0.6) is 0 Å². The van der Waals surface area contributed by atoms with Crippen molar-refractivity contribution in [3.63, 3.8) is 0 Å². The fourth-order valence-corrected chi connectivity index (χ4v) is 5.88. The van der Waals surface area contributed by atoms with E-state index in [4.69, 9.17) is 18.0 Å². The van der Waals surface area contributed by atoms with Crippen molar-refractivity contribution in [1.82, 2.24) is 0 Å². The Morgan fingerprint density at radius 1 is 0.654 bits per heavy atom. The number of unbranched alkanes of at least 4 members (excludes halogenated alkanes) is 9. The quantitative estimate of drug-likeness (QED) is 0.131. The van der Waals surface area contributed by atoms with Crippen LogP contribution in [0.15, 0.2) is 0 Å². The molecule has 0 heterocycles. The molecule has 0 bridgehead atoms. The van der Waals surface area contributed by atoms with Gasteiger partial charge < -0.3 is 18.0 Å². The maximum Gasteiger partial charge on any atom is 0.502 e. The Kier molecular flexibility index (Phi) is 18.5. The summed E-state index contributed by atoms with van der Waals surface area (Å²) in [5.74, 6) is 0. The van der Waals surface area contributed by atoms with Gasteiger partial charge in [-0.3, -0.25) is 0 Å².